The summed E-state index contributed by atoms with van der Waals surface area (Å²) in [6.07, 6.45) is 3.23. The summed E-state index contributed by atoms with van der Waals surface area (Å²) in [5.41, 5.74) is 2.38. The zero-order chi connectivity index (χ0) is 17.0. The molecule has 0 aliphatic carbocycles. The third kappa shape index (κ3) is 4.10. The van der Waals surface area contributed by atoms with E-state index in [0.29, 0.717) is 18.3 Å². The third-order valence-electron chi connectivity index (χ3n) is 3.58. The van der Waals surface area contributed by atoms with Gasteiger partial charge in [0.25, 0.3) is 0 Å². The van der Waals surface area contributed by atoms with E-state index in [-0.39, 0.29) is 5.41 Å². The molecule has 6 heteroatoms. The van der Waals surface area contributed by atoms with Gasteiger partial charge in [0.05, 0.1) is 19.0 Å². The van der Waals surface area contributed by atoms with Gasteiger partial charge < -0.3 is 15.1 Å². The van der Waals surface area contributed by atoms with E-state index in [2.05, 4.69) is 58.7 Å². The van der Waals surface area contributed by atoms with Crippen LogP contribution in [0.1, 0.15) is 32.1 Å². The molecule has 0 aliphatic heterocycles. The minimum absolute atomic E-state index is 0.137. The molecule has 124 valence electrons. The minimum Gasteiger partial charge on any atom is -0.467 e. The topological polar surface area (TPSA) is 75.9 Å². The van der Waals surface area contributed by atoms with E-state index >= 15 is 0 Å². The number of hydrogen-bond acceptors (Lipinski definition) is 6. The molecule has 0 saturated carbocycles. The zero-order valence-electron chi connectivity index (χ0n) is 14.1. The van der Waals surface area contributed by atoms with E-state index in [1.165, 1.54) is 5.56 Å². The molecule has 0 aliphatic rings. The average Bonchev–Trinajstić information content (AvgIpc) is 3.06. The molecule has 0 atom stereocenters. The van der Waals surface area contributed by atoms with Crippen LogP contribution in [0.3, 0.4) is 0 Å². The molecule has 2 aromatic heterocycles. The molecular weight excluding hydrogens is 302 g/mol. The molecular formula is C18H21N5O. The highest BCUT2D eigenvalue weighted by atomic mass is 16.3. The molecule has 3 aromatic rings. The van der Waals surface area contributed by atoms with Gasteiger partial charge in [-0.1, -0.05) is 32.9 Å². The fourth-order valence-electron chi connectivity index (χ4n) is 2.22. The molecule has 2 N–H and O–H groups in total. The quantitative estimate of drug-likeness (QED) is 0.735. The maximum atomic E-state index is 5.27. The predicted octanol–water partition coefficient (Wildman–Crippen LogP) is 4.12. The van der Waals surface area contributed by atoms with Crippen LogP contribution in [0.25, 0.3) is 0 Å². The van der Waals surface area contributed by atoms with Crippen LogP contribution < -0.4 is 10.6 Å². The maximum absolute atomic E-state index is 5.27. The fourth-order valence-corrected chi connectivity index (χ4v) is 2.22. The monoisotopic (exact) mass is 323 g/mol. The second-order valence-corrected chi connectivity index (χ2v) is 6.55. The Morgan fingerprint density at radius 1 is 1.08 bits per heavy atom. The van der Waals surface area contributed by atoms with Crippen molar-refractivity contribution in [3.05, 3.63) is 60.2 Å². The van der Waals surface area contributed by atoms with Crippen molar-refractivity contribution in [2.75, 3.05) is 10.6 Å². The molecule has 3 rings (SSSR count). The summed E-state index contributed by atoms with van der Waals surface area (Å²) >= 11 is 0. The van der Waals surface area contributed by atoms with Crippen molar-refractivity contribution in [1.82, 2.24) is 15.2 Å². The Labute approximate surface area is 141 Å². The van der Waals surface area contributed by atoms with Gasteiger partial charge in [-0.25, -0.2) is 0 Å². The van der Waals surface area contributed by atoms with Crippen LogP contribution >= 0.6 is 0 Å². The first-order valence-electron chi connectivity index (χ1n) is 7.84. The Bertz CT molecular complexity index is 776. The summed E-state index contributed by atoms with van der Waals surface area (Å²) in [6, 6.07) is 12.0. The van der Waals surface area contributed by atoms with Crippen molar-refractivity contribution in [3.63, 3.8) is 0 Å². The molecule has 6 nitrogen and oxygen atoms in total. The summed E-state index contributed by atoms with van der Waals surface area (Å²) in [7, 11) is 0. The first-order chi connectivity index (χ1) is 11.5. The van der Waals surface area contributed by atoms with Crippen molar-refractivity contribution >= 4 is 17.5 Å². The first kappa shape index (κ1) is 16.0. The molecule has 0 unspecified atom stereocenters. The van der Waals surface area contributed by atoms with Gasteiger partial charge >= 0.3 is 0 Å². The highest BCUT2D eigenvalue weighted by molar-refractivity contribution is 5.56. The summed E-state index contributed by atoms with van der Waals surface area (Å²) in [5, 5.41) is 14.3. The Balaban J connectivity index is 1.65. The van der Waals surface area contributed by atoms with Crippen LogP contribution in [0.4, 0.5) is 17.5 Å². The van der Waals surface area contributed by atoms with Crippen LogP contribution in [-0.4, -0.2) is 15.2 Å². The predicted molar refractivity (Wildman–Crippen MR) is 94.3 cm³/mol. The highest BCUT2D eigenvalue weighted by Gasteiger charge is 2.12. The number of anilines is 3. The van der Waals surface area contributed by atoms with E-state index in [1.807, 2.05) is 24.3 Å². The lowest BCUT2D eigenvalue weighted by atomic mass is 9.87. The van der Waals surface area contributed by atoms with E-state index in [0.717, 1.165) is 11.4 Å². The second kappa shape index (κ2) is 6.70. The number of aromatic nitrogens is 3. The number of hydrogen-bond donors (Lipinski definition) is 2. The van der Waals surface area contributed by atoms with Gasteiger partial charge in [-0.05, 0) is 35.2 Å². The van der Waals surface area contributed by atoms with Crippen molar-refractivity contribution in [2.24, 2.45) is 0 Å². The van der Waals surface area contributed by atoms with Crippen LogP contribution in [0.5, 0.6) is 0 Å². The lowest BCUT2D eigenvalue weighted by molar-refractivity contribution is 0.517. The van der Waals surface area contributed by atoms with Crippen molar-refractivity contribution in [3.8, 4) is 0 Å². The van der Waals surface area contributed by atoms with Gasteiger partial charge in [-0.15, -0.1) is 5.10 Å². The smallest absolute Gasteiger partial charge is 0.245 e. The SMILES string of the molecule is CC(C)(C)c1ccc(Nc2cnnc(NCc3ccco3)n2)cc1. The van der Waals surface area contributed by atoms with E-state index < -0.39 is 0 Å². The van der Waals surface area contributed by atoms with Gasteiger partial charge in [-0.2, -0.15) is 10.1 Å². The summed E-state index contributed by atoms with van der Waals surface area (Å²) < 4.78 is 5.27. The highest BCUT2D eigenvalue weighted by Crippen LogP contribution is 2.24. The normalized spacial score (nSPS) is 11.3. The molecule has 0 fully saturated rings. The number of nitrogens with one attached hydrogen (secondary N) is 2. The molecule has 24 heavy (non-hydrogen) atoms. The van der Waals surface area contributed by atoms with E-state index in [1.54, 1.807) is 12.5 Å². The zero-order valence-corrected chi connectivity index (χ0v) is 14.1. The number of furan rings is 1. The first-order valence-corrected chi connectivity index (χ1v) is 7.84. The van der Waals surface area contributed by atoms with Gasteiger partial charge in [0, 0.05) is 5.69 Å². The summed E-state index contributed by atoms with van der Waals surface area (Å²) in [5.74, 6) is 1.90. The number of nitrogens with zero attached hydrogens (tertiary/aromatic N) is 3. The van der Waals surface area contributed by atoms with Gasteiger partial charge in [0.1, 0.15) is 5.76 Å². The largest absolute Gasteiger partial charge is 0.467 e. The van der Waals surface area contributed by atoms with E-state index in [9.17, 15) is 0 Å². The van der Waals surface area contributed by atoms with Gasteiger partial charge in [0.15, 0.2) is 5.82 Å². The average molecular weight is 323 g/mol. The summed E-state index contributed by atoms with van der Waals surface area (Å²) in [4.78, 5) is 4.40. The van der Waals surface area contributed by atoms with Crippen LogP contribution in [0.15, 0.2) is 53.3 Å². The van der Waals surface area contributed by atoms with Gasteiger partial charge in [-0.3, -0.25) is 0 Å². The molecule has 0 bridgehead atoms. The minimum atomic E-state index is 0.137. The molecule has 0 saturated heterocycles. The molecule has 1 aromatic carbocycles. The standard InChI is InChI=1S/C18H21N5O/c1-18(2,3)13-6-8-14(9-7-13)21-16-12-20-23-17(22-16)19-11-15-5-4-10-24-15/h4-10,12H,11H2,1-3H3,(H2,19,21,22,23). The Morgan fingerprint density at radius 2 is 1.88 bits per heavy atom. The summed E-state index contributed by atoms with van der Waals surface area (Å²) in [6.45, 7) is 7.10. The van der Waals surface area contributed by atoms with Crippen LogP contribution in [0, 0.1) is 0 Å². The molecule has 0 spiro atoms. The fraction of sp³-hybridized carbons (Fsp3) is 0.278. The van der Waals surface area contributed by atoms with Crippen LogP contribution in [0.2, 0.25) is 0 Å². The molecule has 0 amide bonds. The second-order valence-electron chi connectivity index (χ2n) is 6.55. The third-order valence-corrected chi connectivity index (χ3v) is 3.58. The number of benzene rings is 1. The van der Waals surface area contributed by atoms with Gasteiger partial charge in [0.2, 0.25) is 5.95 Å². The lowest BCUT2D eigenvalue weighted by Gasteiger charge is -2.19. The van der Waals surface area contributed by atoms with Crippen molar-refractivity contribution < 1.29 is 4.42 Å². The Hall–Kier alpha value is -2.89. The Kier molecular flexibility index (Phi) is 4.46. The van der Waals surface area contributed by atoms with Crippen molar-refractivity contribution in [1.29, 1.82) is 0 Å². The number of rotatable bonds is 5. The molecule has 0 radical (unpaired) electrons. The lowest BCUT2D eigenvalue weighted by Crippen LogP contribution is -2.10. The van der Waals surface area contributed by atoms with Crippen molar-refractivity contribution in [2.45, 2.75) is 32.7 Å². The molecule has 2 heterocycles. The Morgan fingerprint density at radius 3 is 2.54 bits per heavy atom. The van der Waals surface area contributed by atoms with E-state index in [4.69, 9.17) is 4.42 Å². The van der Waals surface area contributed by atoms with Crippen LogP contribution in [-0.2, 0) is 12.0 Å². The maximum Gasteiger partial charge on any atom is 0.245 e.